The van der Waals surface area contributed by atoms with Gasteiger partial charge in [-0.2, -0.15) is 5.10 Å². The number of hydrogen-bond donors (Lipinski definition) is 0. The molecule has 1 aromatic heterocycles. The van der Waals surface area contributed by atoms with Crippen molar-refractivity contribution in [2.75, 3.05) is 21.3 Å². The van der Waals surface area contributed by atoms with Gasteiger partial charge in [-0.1, -0.05) is 66.2 Å². The van der Waals surface area contributed by atoms with Gasteiger partial charge in [0.25, 0.3) is 0 Å². The maximum Gasteiger partial charge on any atom is 0.227 e. The van der Waals surface area contributed by atoms with Crippen LogP contribution >= 0.6 is 11.6 Å². The number of nitrogens with zero attached hydrogens (tertiary/aromatic N) is 3. The smallest absolute Gasteiger partial charge is 0.227 e. The number of rotatable bonds is 9. The van der Waals surface area contributed by atoms with Crippen LogP contribution < -0.4 is 9.47 Å². The fourth-order valence-corrected chi connectivity index (χ4v) is 4.14. The lowest BCUT2D eigenvalue weighted by molar-refractivity contribution is -0.129. The second-order valence-electron chi connectivity index (χ2n) is 8.27. The van der Waals surface area contributed by atoms with Gasteiger partial charge >= 0.3 is 0 Å². The molecular formula is C28H28ClN3O3. The molecule has 0 radical (unpaired) electrons. The zero-order valence-corrected chi connectivity index (χ0v) is 20.8. The number of ether oxygens (including phenoxy) is 2. The quantitative estimate of drug-likeness (QED) is 0.313. The van der Waals surface area contributed by atoms with Crippen molar-refractivity contribution in [1.29, 1.82) is 0 Å². The summed E-state index contributed by atoms with van der Waals surface area (Å²) in [6.45, 7) is 0.974. The predicted octanol–water partition coefficient (Wildman–Crippen LogP) is 5.47. The second kappa shape index (κ2) is 11.1. The minimum Gasteiger partial charge on any atom is -0.493 e. The molecule has 3 aromatic carbocycles. The average molecular weight is 490 g/mol. The molecule has 35 heavy (non-hydrogen) atoms. The van der Waals surface area contributed by atoms with Crippen LogP contribution in [-0.2, 0) is 24.3 Å². The van der Waals surface area contributed by atoms with E-state index < -0.39 is 0 Å². The molecule has 0 bridgehead atoms. The normalized spacial score (nSPS) is 10.7. The maximum absolute atomic E-state index is 13.1. The molecule has 0 atom stereocenters. The average Bonchev–Trinajstić information content (AvgIpc) is 3.27. The lowest BCUT2D eigenvalue weighted by Gasteiger charge is -2.18. The highest BCUT2D eigenvalue weighted by Crippen LogP contribution is 2.28. The Morgan fingerprint density at radius 1 is 0.943 bits per heavy atom. The number of amides is 1. The molecule has 0 saturated heterocycles. The Morgan fingerprint density at radius 2 is 1.66 bits per heavy atom. The SMILES string of the molecule is COc1ccc(CC(=O)N(C)Cc2cn(Cc3ccccc3Cl)nc2-c2ccccc2)cc1OC. The molecule has 0 aliphatic rings. The van der Waals surface area contributed by atoms with Gasteiger partial charge in [0.2, 0.25) is 5.91 Å². The monoisotopic (exact) mass is 489 g/mol. The third-order valence-electron chi connectivity index (χ3n) is 5.81. The molecule has 180 valence electrons. The first-order valence-corrected chi connectivity index (χ1v) is 11.7. The van der Waals surface area contributed by atoms with Crippen LogP contribution in [0.4, 0.5) is 0 Å². The molecule has 0 N–H and O–H groups in total. The Hall–Kier alpha value is -3.77. The maximum atomic E-state index is 13.1. The van der Waals surface area contributed by atoms with Gasteiger partial charge in [-0.3, -0.25) is 9.48 Å². The van der Waals surface area contributed by atoms with Crippen molar-refractivity contribution in [2.24, 2.45) is 0 Å². The van der Waals surface area contributed by atoms with E-state index in [9.17, 15) is 4.79 Å². The lowest BCUT2D eigenvalue weighted by atomic mass is 10.1. The number of halogens is 1. The molecule has 0 unspecified atom stereocenters. The van der Waals surface area contributed by atoms with Crippen LogP contribution in [0.25, 0.3) is 11.3 Å². The highest BCUT2D eigenvalue weighted by atomic mass is 35.5. The van der Waals surface area contributed by atoms with Crippen LogP contribution in [0.3, 0.4) is 0 Å². The van der Waals surface area contributed by atoms with E-state index >= 15 is 0 Å². The first-order chi connectivity index (χ1) is 17.0. The minimum atomic E-state index is -0.00455. The van der Waals surface area contributed by atoms with Gasteiger partial charge in [0, 0.05) is 35.9 Å². The van der Waals surface area contributed by atoms with Crippen molar-refractivity contribution in [3.05, 3.63) is 101 Å². The van der Waals surface area contributed by atoms with E-state index in [1.54, 1.807) is 19.1 Å². The molecule has 7 heteroatoms. The van der Waals surface area contributed by atoms with E-state index in [1.807, 2.05) is 90.7 Å². The van der Waals surface area contributed by atoms with E-state index in [4.69, 9.17) is 26.2 Å². The topological polar surface area (TPSA) is 56.6 Å². The number of benzene rings is 3. The van der Waals surface area contributed by atoms with Crippen molar-refractivity contribution in [1.82, 2.24) is 14.7 Å². The summed E-state index contributed by atoms with van der Waals surface area (Å²) in [5.74, 6) is 1.23. The van der Waals surface area contributed by atoms with Crippen molar-refractivity contribution >= 4 is 17.5 Å². The third-order valence-corrected chi connectivity index (χ3v) is 6.18. The van der Waals surface area contributed by atoms with Crippen LogP contribution in [0.2, 0.25) is 5.02 Å². The summed E-state index contributed by atoms with van der Waals surface area (Å²) < 4.78 is 12.5. The number of methoxy groups -OCH3 is 2. The third kappa shape index (κ3) is 5.84. The van der Waals surface area contributed by atoms with E-state index in [0.717, 1.165) is 27.9 Å². The molecular weight excluding hydrogens is 462 g/mol. The van der Waals surface area contributed by atoms with Gasteiger partial charge in [0.15, 0.2) is 11.5 Å². The van der Waals surface area contributed by atoms with Gasteiger partial charge in [-0.15, -0.1) is 0 Å². The van der Waals surface area contributed by atoms with E-state index in [0.29, 0.717) is 29.6 Å². The predicted molar refractivity (Wildman–Crippen MR) is 138 cm³/mol. The summed E-state index contributed by atoms with van der Waals surface area (Å²) in [7, 11) is 4.98. The number of carbonyl (C=O) groups is 1. The molecule has 6 nitrogen and oxygen atoms in total. The lowest BCUT2D eigenvalue weighted by Crippen LogP contribution is -2.27. The Morgan fingerprint density at radius 3 is 2.37 bits per heavy atom. The molecule has 1 heterocycles. The van der Waals surface area contributed by atoms with Gasteiger partial charge in [0.1, 0.15) is 0 Å². The van der Waals surface area contributed by atoms with Crippen molar-refractivity contribution in [3.8, 4) is 22.8 Å². The Kier molecular flexibility index (Phi) is 7.73. The molecule has 0 aliphatic carbocycles. The van der Waals surface area contributed by atoms with Crippen molar-refractivity contribution in [3.63, 3.8) is 0 Å². The van der Waals surface area contributed by atoms with Gasteiger partial charge in [0.05, 0.1) is 32.9 Å². The number of likely N-dealkylation sites (N-methyl/N-ethyl adjacent to an activating group) is 1. The summed E-state index contributed by atoms with van der Waals surface area (Å²) in [4.78, 5) is 14.8. The Bertz CT molecular complexity index is 1300. The standard InChI is InChI=1S/C28H28ClN3O3/c1-31(27(33)16-20-13-14-25(34-2)26(15-20)35-3)17-23-19-32(18-22-11-7-8-12-24(22)29)30-28(23)21-9-5-4-6-10-21/h4-15,19H,16-18H2,1-3H3. The van der Waals surface area contributed by atoms with Crippen LogP contribution in [0.1, 0.15) is 16.7 Å². The van der Waals surface area contributed by atoms with Gasteiger partial charge < -0.3 is 14.4 Å². The van der Waals surface area contributed by atoms with Crippen LogP contribution in [0, 0.1) is 0 Å². The van der Waals surface area contributed by atoms with Gasteiger partial charge in [-0.25, -0.2) is 0 Å². The van der Waals surface area contributed by atoms with Crippen LogP contribution in [0.5, 0.6) is 11.5 Å². The minimum absolute atomic E-state index is 0.00455. The number of hydrogen-bond acceptors (Lipinski definition) is 4. The van der Waals surface area contributed by atoms with Crippen molar-refractivity contribution in [2.45, 2.75) is 19.5 Å². The Labute approximate surface area is 210 Å². The molecule has 0 fully saturated rings. The molecule has 0 aliphatic heterocycles. The highest BCUT2D eigenvalue weighted by molar-refractivity contribution is 6.31. The first-order valence-electron chi connectivity index (χ1n) is 11.3. The second-order valence-corrected chi connectivity index (χ2v) is 8.68. The van der Waals surface area contributed by atoms with E-state index in [2.05, 4.69) is 0 Å². The summed E-state index contributed by atoms with van der Waals surface area (Å²) in [6.07, 6.45) is 2.25. The first kappa shape index (κ1) is 24.4. The van der Waals surface area contributed by atoms with E-state index in [-0.39, 0.29) is 12.3 Å². The molecule has 1 amide bonds. The summed E-state index contributed by atoms with van der Waals surface area (Å²) >= 11 is 6.37. The van der Waals surface area contributed by atoms with E-state index in [1.165, 1.54) is 0 Å². The fraction of sp³-hybridized carbons (Fsp3) is 0.214. The molecule has 0 spiro atoms. The molecule has 0 saturated carbocycles. The number of aromatic nitrogens is 2. The van der Waals surface area contributed by atoms with Gasteiger partial charge in [-0.05, 0) is 29.3 Å². The molecule has 4 aromatic rings. The summed E-state index contributed by atoms with van der Waals surface area (Å²) in [5.41, 5.74) is 4.66. The zero-order chi connectivity index (χ0) is 24.8. The van der Waals surface area contributed by atoms with Crippen LogP contribution in [0.15, 0.2) is 79.0 Å². The number of carbonyl (C=O) groups excluding carboxylic acids is 1. The summed E-state index contributed by atoms with van der Waals surface area (Å²) in [5, 5.41) is 5.55. The fourth-order valence-electron chi connectivity index (χ4n) is 3.94. The van der Waals surface area contributed by atoms with Crippen LogP contribution in [-0.4, -0.2) is 41.9 Å². The zero-order valence-electron chi connectivity index (χ0n) is 20.1. The molecule has 4 rings (SSSR count). The summed E-state index contributed by atoms with van der Waals surface area (Å²) in [6, 6.07) is 23.3. The largest absolute Gasteiger partial charge is 0.493 e. The highest BCUT2D eigenvalue weighted by Gasteiger charge is 2.18. The van der Waals surface area contributed by atoms with Crippen molar-refractivity contribution < 1.29 is 14.3 Å². The Balaban J connectivity index is 1.55.